The molecule has 0 N–H and O–H groups in total. The van der Waals surface area contributed by atoms with Gasteiger partial charge in [0.15, 0.2) is 0 Å². The Morgan fingerprint density at radius 2 is 1.94 bits per heavy atom. The summed E-state index contributed by atoms with van der Waals surface area (Å²) in [7, 11) is 0. The van der Waals surface area contributed by atoms with E-state index in [1.807, 2.05) is 50.5 Å². The van der Waals surface area contributed by atoms with Crippen molar-refractivity contribution in [1.82, 2.24) is 9.13 Å². The number of halogens is 1. The molecule has 17 heavy (non-hydrogen) atoms. The van der Waals surface area contributed by atoms with Gasteiger partial charge in [-0.1, -0.05) is 34.1 Å². The predicted octanol–water partition coefficient (Wildman–Crippen LogP) is 3.04. The molecular formula is C13H15BrN2O. The Morgan fingerprint density at radius 1 is 1.24 bits per heavy atom. The van der Waals surface area contributed by atoms with Crippen molar-refractivity contribution in [3.63, 3.8) is 0 Å². The Balaban J connectivity index is 2.32. The molecule has 0 aliphatic rings. The number of nitrogens with zero attached hydrogens (tertiary/aromatic N) is 2. The molecule has 0 radical (unpaired) electrons. The number of hydrogen-bond donors (Lipinski definition) is 0. The van der Waals surface area contributed by atoms with Gasteiger partial charge in [0.1, 0.15) is 0 Å². The normalized spacial score (nSPS) is 11.1. The van der Waals surface area contributed by atoms with Crippen LogP contribution in [0, 0.1) is 0 Å². The zero-order valence-corrected chi connectivity index (χ0v) is 11.5. The summed E-state index contributed by atoms with van der Waals surface area (Å²) in [6, 6.07) is 8.14. The minimum Gasteiger partial charge on any atom is -0.297 e. The molecule has 0 aliphatic carbocycles. The van der Waals surface area contributed by atoms with Gasteiger partial charge < -0.3 is 0 Å². The van der Waals surface area contributed by atoms with Crippen LogP contribution in [0.1, 0.15) is 25.5 Å². The molecule has 0 unspecified atom stereocenters. The summed E-state index contributed by atoms with van der Waals surface area (Å²) < 4.78 is 4.49. The summed E-state index contributed by atoms with van der Waals surface area (Å²) in [6.07, 6.45) is 3.67. The van der Waals surface area contributed by atoms with Gasteiger partial charge in [-0.3, -0.25) is 9.13 Å². The second-order valence-electron chi connectivity index (χ2n) is 4.30. The third-order valence-electron chi connectivity index (χ3n) is 2.73. The van der Waals surface area contributed by atoms with Crippen LogP contribution in [0.15, 0.2) is 45.9 Å². The van der Waals surface area contributed by atoms with Crippen LogP contribution < -0.4 is 5.69 Å². The highest BCUT2D eigenvalue weighted by Gasteiger charge is 2.07. The zero-order chi connectivity index (χ0) is 12.4. The lowest BCUT2D eigenvalue weighted by atomic mass is 10.2. The topological polar surface area (TPSA) is 26.9 Å². The minimum atomic E-state index is 0.0377. The van der Waals surface area contributed by atoms with Crippen molar-refractivity contribution in [2.24, 2.45) is 0 Å². The molecule has 2 rings (SSSR count). The maximum absolute atomic E-state index is 12.0. The van der Waals surface area contributed by atoms with E-state index in [-0.39, 0.29) is 11.7 Å². The van der Waals surface area contributed by atoms with Crippen LogP contribution >= 0.6 is 15.9 Å². The minimum absolute atomic E-state index is 0.0377. The van der Waals surface area contributed by atoms with Gasteiger partial charge in [-0.25, -0.2) is 4.79 Å². The standard InChI is InChI=1S/C13H15BrN2O/c1-10(2)16-8-7-15(13(16)17)9-11-5-3-4-6-12(11)14/h3-8,10H,9H2,1-2H3. The lowest BCUT2D eigenvalue weighted by Gasteiger charge is -2.06. The third kappa shape index (κ3) is 2.52. The van der Waals surface area contributed by atoms with Gasteiger partial charge in [0, 0.05) is 22.9 Å². The molecule has 1 aromatic heterocycles. The van der Waals surface area contributed by atoms with Crippen LogP contribution in [0.4, 0.5) is 0 Å². The Bertz CT molecular complexity index is 569. The Labute approximate surface area is 109 Å². The van der Waals surface area contributed by atoms with Gasteiger partial charge >= 0.3 is 5.69 Å². The first-order chi connectivity index (χ1) is 8.09. The number of aromatic nitrogens is 2. The van der Waals surface area contributed by atoms with Crippen molar-refractivity contribution >= 4 is 15.9 Å². The number of hydrogen-bond acceptors (Lipinski definition) is 1. The highest BCUT2D eigenvalue weighted by atomic mass is 79.9. The number of rotatable bonds is 3. The van der Waals surface area contributed by atoms with E-state index in [2.05, 4.69) is 15.9 Å². The van der Waals surface area contributed by atoms with Gasteiger partial charge in [-0.15, -0.1) is 0 Å². The quantitative estimate of drug-likeness (QED) is 0.855. The van der Waals surface area contributed by atoms with Crippen molar-refractivity contribution in [3.05, 3.63) is 57.2 Å². The molecule has 3 nitrogen and oxygen atoms in total. The second-order valence-corrected chi connectivity index (χ2v) is 5.16. The summed E-state index contributed by atoms with van der Waals surface area (Å²) in [5.74, 6) is 0. The van der Waals surface area contributed by atoms with Crippen molar-refractivity contribution in [2.75, 3.05) is 0 Å². The first-order valence-electron chi connectivity index (χ1n) is 5.60. The van der Waals surface area contributed by atoms with E-state index < -0.39 is 0 Å². The molecule has 0 fully saturated rings. The first kappa shape index (κ1) is 12.2. The number of imidazole rings is 1. The Morgan fingerprint density at radius 3 is 2.53 bits per heavy atom. The van der Waals surface area contributed by atoms with E-state index in [0.29, 0.717) is 6.54 Å². The summed E-state index contributed by atoms with van der Waals surface area (Å²) in [4.78, 5) is 12.0. The monoisotopic (exact) mass is 294 g/mol. The molecular weight excluding hydrogens is 280 g/mol. The molecule has 0 saturated heterocycles. The highest BCUT2D eigenvalue weighted by Crippen LogP contribution is 2.16. The van der Waals surface area contributed by atoms with Gasteiger partial charge in [-0.2, -0.15) is 0 Å². The fourth-order valence-electron chi connectivity index (χ4n) is 1.75. The van der Waals surface area contributed by atoms with Crippen molar-refractivity contribution in [2.45, 2.75) is 26.4 Å². The zero-order valence-electron chi connectivity index (χ0n) is 9.93. The summed E-state index contributed by atoms with van der Waals surface area (Å²) >= 11 is 3.49. The van der Waals surface area contributed by atoms with E-state index in [9.17, 15) is 4.79 Å². The number of benzene rings is 1. The largest absolute Gasteiger partial charge is 0.328 e. The molecule has 0 amide bonds. The van der Waals surface area contributed by atoms with Crippen LogP contribution in [0.5, 0.6) is 0 Å². The lowest BCUT2D eigenvalue weighted by Crippen LogP contribution is -2.25. The van der Waals surface area contributed by atoms with Crippen molar-refractivity contribution in [3.8, 4) is 0 Å². The van der Waals surface area contributed by atoms with Crippen LogP contribution in [0.25, 0.3) is 0 Å². The average Bonchev–Trinajstić information content (AvgIpc) is 2.64. The lowest BCUT2D eigenvalue weighted by molar-refractivity contribution is 0.561. The SMILES string of the molecule is CC(C)n1ccn(Cc2ccccc2Br)c1=O. The molecule has 1 heterocycles. The maximum atomic E-state index is 12.0. The van der Waals surface area contributed by atoms with Crippen molar-refractivity contribution in [1.29, 1.82) is 0 Å². The fourth-order valence-corrected chi connectivity index (χ4v) is 2.16. The molecule has 90 valence electrons. The Kier molecular flexibility index (Phi) is 3.52. The first-order valence-corrected chi connectivity index (χ1v) is 6.39. The van der Waals surface area contributed by atoms with Crippen LogP contribution in [-0.2, 0) is 6.54 Å². The van der Waals surface area contributed by atoms with Gasteiger partial charge in [0.05, 0.1) is 6.54 Å². The van der Waals surface area contributed by atoms with Crippen LogP contribution in [-0.4, -0.2) is 9.13 Å². The van der Waals surface area contributed by atoms with E-state index in [4.69, 9.17) is 0 Å². The molecule has 0 saturated carbocycles. The third-order valence-corrected chi connectivity index (χ3v) is 3.50. The molecule has 0 atom stereocenters. The summed E-state index contributed by atoms with van der Waals surface area (Å²) in [6.45, 7) is 4.61. The van der Waals surface area contributed by atoms with Crippen LogP contribution in [0.2, 0.25) is 0 Å². The fraction of sp³-hybridized carbons (Fsp3) is 0.308. The molecule has 4 heteroatoms. The van der Waals surface area contributed by atoms with Crippen molar-refractivity contribution < 1.29 is 0 Å². The average molecular weight is 295 g/mol. The second kappa shape index (κ2) is 4.92. The molecule has 2 aromatic rings. The van der Waals surface area contributed by atoms with E-state index in [1.54, 1.807) is 9.13 Å². The Hall–Kier alpha value is -1.29. The maximum Gasteiger partial charge on any atom is 0.328 e. The van der Waals surface area contributed by atoms with E-state index >= 15 is 0 Å². The van der Waals surface area contributed by atoms with Gasteiger partial charge in [0.25, 0.3) is 0 Å². The van der Waals surface area contributed by atoms with E-state index in [1.165, 1.54) is 0 Å². The summed E-state index contributed by atoms with van der Waals surface area (Å²) in [5, 5.41) is 0. The van der Waals surface area contributed by atoms with Gasteiger partial charge in [0.2, 0.25) is 0 Å². The highest BCUT2D eigenvalue weighted by molar-refractivity contribution is 9.10. The van der Waals surface area contributed by atoms with Gasteiger partial charge in [-0.05, 0) is 25.5 Å². The smallest absolute Gasteiger partial charge is 0.297 e. The molecule has 0 spiro atoms. The van der Waals surface area contributed by atoms with Crippen LogP contribution in [0.3, 0.4) is 0 Å². The van der Waals surface area contributed by atoms with E-state index in [0.717, 1.165) is 10.0 Å². The molecule has 0 bridgehead atoms. The molecule has 0 aliphatic heterocycles. The molecule has 1 aromatic carbocycles. The predicted molar refractivity (Wildman–Crippen MR) is 72.3 cm³/mol. The summed E-state index contributed by atoms with van der Waals surface area (Å²) in [5.41, 5.74) is 1.15.